The molecule has 0 fully saturated rings. The minimum atomic E-state index is -0.142. The zero-order valence-corrected chi connectivity index (χ0v) is 7.77. The molecule has 0 aliphatic heterocycles. The molecule has 0 unspecified atom stereocenters. The monoisotopic (exact) mass is 191 g/mol. The molecule has 0 aliphatic rings. The Morgan fingerprint density at radius 3 is 2.92 bits per heavy atom. The van der Waals surface area contributed by atoms with Crippen molar-refractivity contribution in [1.82, 2.24) is 0 Å². The molecule has 0 saturated carbocycles. The minimum Gasteiger partial charge on any atom is -0.389 e. The van der Waals surface area contributed by atoms with Crippen LogP contribution < -0.4 is 5.73 Å². The van der Waals surface area contributed by atoms with Gasteiger partial charge in [-0.25, -0.2) is 0 Å². The molecule has 0 spiro atoms. The fourth-order valence-corrected chi connectivity index (χ4v) is 1.02. The van der Waals surface area contributed by atoms with E-state index in [9.17, 15) is 0 Å². The molecular formula is C10H9NOS. The molecule has 1 rings (SSSR count). The van der Waals surface area contributed by atoms with Gasteiger partial charge in [-0.1, -0.05) is 36.2 Å². The lowest BCUT2D eigenvalue weighted by atomic mass is 10.1. The standard InChI is InChI=1S/C10H9NOS/c11-10(13)9-5-1-3-8(7-9)4-2-6-12/h1,3,5,7,12H,6H2,(H2,11,13). The summed E-state index contributed by atoms with van der Waals surface area (Å²) in [6, 6.07) is 7.29. The topological polar surface area (TPSA) is 46.2 Å². The van der Waals surface area contributed by atoms with Crippen molar-refractivity contribution in [3.63, 3.8) is 0 Å². The quantitative estimate of drug-likeness (QED) is 0.506. The van der Waals surface area contributed by atoms with Gasteiger partial charge in [0.25, 0.3) is 0 Å². The lowest BCUT2D eigenvalue weighted by molar-refractivity contribution is 0.350. The zero-order chi connectivity index (χ0) is 9.68. The van der Waals surface area contributed by atoms with Gasteiger partial charge in [0.15, 0.2) is 0 Å². The van der Waals surface area contributed by atoms with E-state index in [1.807, 2.05) is 18.2 Å². The molecule has 0 aliphatic carbocycles. The van der Waals surface area contributed by atoms with E-state index in [1.54, 1.807) is 6.07 Å². The van der Waals surface area contributed by atoms with Gasteiger partial charge in [0.05, 0.1) is 0 Å². The Bertz CT molecular complexity index is 376. The van der Waals surface area contributed by atoms with Gasteiger partial charge >= 0.3 is 0 Å². The van der Waals surface area contributed by atoms with E-state index in [4.69, 9.17) is 23.1 Å². The summed E-state index contributed by atoms with van der Waals surface area (Å²) < 4.78 is 0. The Hall–Kier alpha value is -1.37. The fraction of sp³-hybridized carbons (Fsp3) is 0.100. The maximum absolute atomic E-state index is 8.48. The van der Waals surface area contributed by atoms with E-state index in [0.29, 0.717) is 4.99 Å². The molecule has 1 aromatic carbocycles. The average Bonchev–Trinajstić information content (AvgIpc) is 2.15. The second-order valence-electron chi connectivity index (χ2n) is 2.40. The van der Waals surface area contributed by atoms with Crippen LogP contribution in [0.15, 0.2) is 24.3 Å². The van der Waals surface area contributed by atoms with Crippen LogP contribution >= 0.6 is 12.2 Å². The van der Waals surface area contributed by atoms with Gasteiger partial charge in [-0.05, 0) is 12.1 Å². The Morgan fingerprint density at radius 1 is 1.54 bits per heavy atom. The van der Waals surface area contributed by atoms with Crippen LogP contribution in [0, 0.1) is 11.8 Å². The van der Waals surface area contributed by atoms with Crippen molar-refractivity contribution >= 4 is 17.2 Å². The molecule has 1 aromatic rings. The van der Waals surface area contributed by atoms with Crippen LogP contribution in [0.2, 0.25) is 0 Å². The molecule has 3 N–H and O–H groups in total. The normalized spacial score (nSPS) is 8.69. The SMILES string of the molecule is NC(=S)c1cccc(C#CCO)c1. The predicted molar refractivity (Wildman–Crippen MR) is 56.3 cm³/mol. The highest BCUT2D eigenvalue weighted by Gasteiger charge is 1.95. The summed E-state index contributed by atoms with van der Waals surface area (Å²) in [5.74, 6) is 5.33. The molecule has 0 atom stereocenters. The summed E-state index contributed by atoms with van der Waals surface area (Å²) in [6.45, 7) is -0.142. The molecular weight excluding hydrogens is 182 g/mol. The van der Waals surface area contributed by atoms with E-state index in [-0.39, 0.29) is 6.61 Å². The second kappa shape index (κ2) is 4.61. The number of rotatable bonds is 1. The van der Waals surface area contributed by atoms with E-state index in [0.717, 1.165) is 11.1 Å². The number of benzene rings is 1. The van der Waals surface area contributed by atoms with E-state index >= 15 is 0 Å². The third-order valence-corrected chi connectivity index (χ3v) is 1.69. The molecule has 0 saturated heterocycles. The Morgan fingerprint density at radius 2 is 2.31 bits per heavy atom. The summed E-state index contributed by atoms with van der Waals surface area (Å²) >= 11 is 4.81. The number of nitrogens with two attached hydrogens (primary N) is 1. The van der Waals surface area contributed by atoms with Gasteiger partial charge in [0.2, 0.25) is 0 Å². The first-order valence-electron chi connectivity index (χ1n) is 3.73. The summed E-state index contributed by atoms with van der Waals surface area (Å²) in [5.41, 5.74) is 7.04. The van der Waals surface area contributed by atoms with Crippen LogP contribution in [0.25, 0.3) is 0 Å². The highest BCUT2D eigenvalue weighted by molar-refractivity contribution is 7.80. The van der Waals surface area contributed by atoms with E-state index in [2.05, 4.69) is 11.8 Å². The van der Waals surface area contributed by atoms with Crippen molar-refractivity contribution in [2.45, 2.75) is 0 Å². The van der Waals surface area contributed by atoms with Crippen LogP contribution in [0.5, 0.6) is 0 Å². The number of aliphatic hydroxyl groups is 1. The van der Waals surface area contributed by atoms with Gasteiger partial charge < -0.3 is 10.8 Å². The van der Waals surface area contributed by atoms with Crippen molar-refractivity contribution in [1.29, 1.82) is 0 Å². The highest BCUT2D eigenvalue weighted by Crippen LogP contribution is 2.03. The van der Waals surface area contributed by atoms with Gasteiger partial charge in [0, 0.05) is 11.1 Å². The minimum absolute atomic E-state index is 0.142. The number of aliphatic hydroxyl groups excluding tert-OH is 1. The molecule has 0 aromatic heterocycles. The van der Waals surface area contributed by atoms with E-state index in [1.165, 1.54) is 0 Å². The van der Waals surface area contributed by atoms with Crippen LogP contribution in [0.1, 0.15) is 11.1 Å². The number of thiocarbonyl (C=S) groups is 1. The molecule has 66 valence electrons. The number of hydrogen-bond donors (Lipinski definition) is 2. The molecule has 2 nitrogen and oxygen atoms in total. The molecule has 13 heavy (non-hydrogen) atoms. The molecule has 0 amide bonds. The fourth-order valence-electron chi connectivity index (χ4n) is 0.892. The van der Waals surface area contributed by atoms with Crippen LogP contribution in [0.3, 0.4) is 0 Å². The molecule has 0 bridgehead atoms. The van der Waals surface area contributed by atoms with Gasteiger partial charge in [-0.3, -0.25) is 0 Å². The third-order valence-electron chi connectivity index (χ3n) is 1.46. The summed E-state index contributed by atoms with van der Waals surface area (Å²) in [5, 5.41) is 8.48. The largest absolute Gasteiger partial charge is 0.389 e. The lowest BCUT2D eigenvalue weighted by Crippen LogP contribution is -2.08. The van der Waals surface area contributed by atoms with Gasteiger partial charge in [0.1, 0.15) is 11.6 Å². The Kier molecular flexibility index (Phi) is 3.44. The summed E-state index contributed by atoms with van der Waals surface area (Å²) in [6.07, 6.45) is 0. The van der Waals surface area contributed by atoms with Crippen molar-refractivity contribution in [3.05, 3.63) is 35.4 Å². The smallest absolute Gasteiger partial charge is 0.104 e. The van der Waals surface area contributed by atoms with E-state index < -0.39 is 0 Å². The summed E-state index contributed by atoms with van der Waals surface area (Å²) in [7, 11) is 0. The van der Waals surface area contributed by atoms with Crippen molar-refractivity contribution in [2.75, 3.05) is 6.61 Å². The average molecular weight is 191 g/mol. The van der Waals surface area contributed by atoms with Crippen LogP contribution in [-0.2, 0) is 0 Å². The first-order chi connectivity index (χ1) is 6.24. The predicted octanol–water partition coefficient (Wildman–Crippen LogP) is 0.665. The van der Waals surface area contributed by atoms with Gasteiger partial charge in [-0.2, -0.15) is 0 Å². The van der Waals surface area contributed by atoms with Crippen LogP contribution in [0.4, 0.5) is 0 Å². The molecule has 0 heterocycles. The van der Waals surface area contributed by atoms with Crippen molar-refractivity contribution in [2.24, 2.45) is 5.73 Å². The molecule has 3 heteroatoms. The number of hydrogen-bond acceptors (Lipinski definition) is 2. The lowest BCUT2D eigenvalue weighted by Gasteiger charge is -1.97. The first kappa shape index (κ1) is 9.72. The first-order valence-corrected chi connectivity index (χ1v) is 4.14. The zero-order valence-electron chi connectivity index (χ0n) is 6.95. The van der Waals surface area contributed by atoms with Crippen molar-refractivity contribution < 1.29 is 5.11 Å². The van der Waals surface area contributed by atoms with Crippen LogP contribution in [-0.4, -0.2) is 16.7 Å². The van der Waals surface area contributed by atoms with Crippen molar-refractivity contribution in [3.8, 4) is 11.8 Å². The maximum Gasteiger partial charge on any atom is 0.104 e. The highest BCUT2D eigenvalue weighted by atomic mass is 32.1. The molecule has 0 radical (unpaired) electrons. The van der Waals surface area contributed by atoms with Gasteiger partial charge in [-0.15, -0.1) is 0 Å². The third kappa shape index (κ3) is 2.86. The Labute approximate surface area is 82.4 Å². The Balaban J connectivity index is 2.98. The maximum atomic E-state index is 8.48. The second-order valence-corrected chi connectivity index (χ2v) is 2.84. The summed E-state index contributed by atoms with van der Waals surface area (Å²) in [4.78, 5) is 0.354.